The lowest BCUT2D eigenvalue weighted by atomic mass is 10.0. The predicted molar refractivity (Wildman–Crippen MR) is 124 cm³/mol. The van der Waals surface area contributed by atoms with Crippen LogP contribution in [-0.2, 0) is 16.0 Å². The van der Waals surface area contributed by atoms with Crippen molar-refractivity contribution in [2.75, 3.05) is 4.90 Å². The number of halogens is 2. The first-order chi connectivity index (χ1) is 14.9. The van der Waals surface area contributed by atoms with Gasteiger partial charge in [0.25, 0.3) is 11.8 Å². The molecule has 1 saturated heterocycles. The van der Waals surface area contributed by atoms with E-state index < -0.39 is 17.8 Å². The van der Waals surface area contributed by atoms with Crippen molar-refractivity contribution >= 4 is 57.1 Å². The van der Waals surface area contributed by atoms with Gasteiger partial charge in [0.05, 0.1) is 5.69 Å². The Morgan fingerprint density at radius 2 is 1.58 bits per heavy atom. The van der Waals surface area contributed by atoms with Crippen LogP contribution in [-0.4, -0.2) is 17.8 Å². The predicted octanol–water partition coefficient (Wildman–Crippen LogP) is 5.36. The number of urea groups is 1. The molecule has 4 rings (SSSR count). The van der Waals surface area contributed by atoms with E-state index in [1.807, 2.05) is 48.5 Å². The first-order valence-electron chi connectivity index (χ1n) is 9.42. The number of anilines is 1. The Morgan fingerprint density at radius 1 is 0.903 bits per heavy atom. The second kappa shape index (κ2) is 8.88. The van der Waals surface area contributed by atoms with Gasteiger partial charge in [0.2, 0.25) is 0 Å². The zero-order valence-electron chi connectivity index (χ0n) is 16.1. The van der Waals surface area contributed by atoms with E-state index in [1.165, 1.54) is 6.08 Å². The quantitative estimate of drug-likeness (QED) is 0.391. The molecule has 0 saturated carbocycles. The first kappa shape index (κ1) is 21.0. The van der Waals surface area contributed by atoms with Crippen LogP contribution < -0.4 is 10.2 Å². The summed E-state index contributed by atoms with van der Waals surface area (Å²) in [6, 6.07) is 21.0. The molecule has 1 N–H and O–H groups in total. The summed E-state index contributed by atoms with van der Waals surface area (Å²) in [5.74, 6) is -1.39. The molecule has 0 unspecified atom stereocenters. The molecule has 5 nitrogen and oxygen atoms in total. The number of barbiturate groups is 1. The number of nitrogens with one attached hydrogen (secondary N) is 1. The zero-order chi connectivity index (χ0) is 22.0. The summed E-state index contributed by atoms with van der Waals surface area (Å²) in [6.45, 7) is 0. The van der Waals surface area contributed by atoms with E-state index in [2.05, 4.69) is 21.2 Å². The van der Waals surface area contributed by atoms with Gasteiger partial charge in [0.15, 0.2) is 0 Å². The number of benzene rings is 3. The topological polar surface area (TPSA) is 66.5 Å². The van der Waals surface area contributed by atoms with Crippen molar-refractivity contribution in [3.05, 3.63) is 105 Å². The molecular weight excluding hydrogens is 480 g/mol. The highest BCUT2D eigenvalue weighted by atomic mass is 79.9. The van der Waals surface area contributed by atoms with Gasteiger partial charge >= 0.3 is 6.03 Å². The molecule has 1 aliphatic rings. The van der Waals surface area contributed by atoms with E-state index in [0.29, 0.717) is 22.7 Å². The van der Waals surface area contributed by atoms with Crippen LogP contribution in [0.4, 0.5) is 10.5 Å². The standard InChI is InChI=1S/C24H16BrClN2O3/c25-18-9-11-19(12-10-18)28-23(30)20(22(29)27-24(28)31)14-16-7-5-15(6-8-16)13-17-3-1-2-4-21(17)26/h1-12,14H,13H2,(H,27,29,31)/b20-14+. The summed E-state index contributed by atoms with van der Waals surface area (Å²) in [4.78, 5) is 38.5. The Morgan fingerprint density at radius 3 is 2.26 bits per heavy atom. The van der Waals surface area contributed by atoms with Crippen molar-refractivity contribution in [1.82, 2.24) is 5.32 Å². The van der Waals surface area contributed by atoms with Crippen molar-refractivity contribution in [3.63, 3.8) is 0 Å². The fourth-order valence-electron chi connectivity index (χ4n) is 3.24. The molecule has 154 valence electrons. The third kappa shape index (κ3) is 4.60. The SMILES string of the molecule is O=C1NC(=O)N(c2ccc(Br)cc2)C(=O)/C1=C/c1ccc(Cc2ccccc2Cl)cc1. The highest BCUT2D eigenvalue weighted by Crippen LogP contribution is 2.24. The molecule has 0 aromatic heterocycles. The number of hydrogen-bond acceptors (Lipinski definition) is 3. The van der Waals surface area contributed by atoms with E-state index >= 15 is 0 Å². The molecule has 0 radical (unpaired) electrons. The third-order valence-electron chi connectivity index (χ3n) is 4.83. The van der Waals surface area contributed by atoms with Crippen LogP contribution in [0.5, 0.6) is 0 Å². The van der Waals surface area contributed by atoms with E-state index in [0.717, 1.165) is 20.5 Å². The van der Waals surface area contributed by atoms with Crippen molar-refractivity contribution in [2.24, 2.45) is 0 Å². The maximum Gasteiger partial charge on any atom is 0.335 e. The van der Waals surface area contributed by atoms with Gasteiger partial charge in [-0.25, -0.2) is 9.69 Å². The normalized spacial score (nSPS) is 15.4. The molecule has 3 aromatic rings. The van der Waals surface area contributed by atoms with Crippen molar-refractivity contribution in [1.29, 1.82) is 0 Å². The zero-order valence-corrected chi connectivity index (χ0v) is 18.5. The number of carbonyl (C=O) groups excluding carboxylic acids is 3. The van der Waals surface area contributed by atoms with Gasteiger partial charge in [-0.05, 0) is 59.5 Å². The molecule has 1 aliphatic heterocycles. The van der Waals surface area contributed by atoms with Crippen molar-refractivity contribution < 1.29 is 14.4 Å². The highest BCUT2D eigenvalue weighted by Gasteiger charge is 2.36. The van der Waals surface area contributed by atoms with Crippen molar-refractivity contribution in [2.45, 2.75) is 6.42 Å². The summed E-state index contributed by atoms with van der Waals surface area (Å²) in [7, 11) is 0. The highest BCUT2D eigenvalue weighted by molar-refractivity contribution is 9.10. The fourth-order valence-corrected chi connectivity index (χ4v) is 3.71. The molecule has 7 heteroatoms. The van der Waals surface area contributed by atoms with E-state index in [-0.39, 0.29) is 5.57 Å². The largest absolute Gasteiger partial charge is 0.335 e. The lowest BCUT2D eigenvalue weighted by molar-refractivity contribution is -0.122. The van der Waals surface area contributed by atoms with E-state index in [1.54, 1.807) is 24.3 Å². The molecule has 4 amide bonds. The second-order valence-corrected chi connectivity index (χ2v) is 8.27. The minimum absolute atomic E-state index is 0.110. The second-order valence-electron chi connectivity index (χ2n) is 6.94. The summed E-state index contributed by atoms with van der Waals surface area (Å²) >= 11 is 9.54. The monoisotopic (exact) mass is 494 g/mol. The number of hydrogen-bond donors (Lipinski definition) is 1. The molecule has 1 fully saturated rings. The summed E-state index contributed by atoms with van der Waals surface area (Å²) in [6.07, 6.45) is 2.15. The summed E-state index contributed by atoms with van der Waals surface area (Å²) < 4.78 is 0.810. The molecular formula is C24H16BrClN2O3. The molecule has 1 heterocycles. The lowest BCUT2D eigenvalue weighted by Gasteiger charge is -2.26. The average molecular weight is 496 g/mol. The molecule has 0 atom stereocenters. The van der Waals surface area contributed by atoms with Crippen LogP contribution in [0.2, 0.25) is 5.02 Å². The smallest absolute Gasteiger partial charge is 0.273 e. The van der Waals surface area contributed by atoms with Gasteiger partial charge in [-0.15, -0.1) is 0 Å². The molecule has 0 bridgehead atoms. The maximum atomic E-state index is 12.9. The molecule has 0 aliphatic carbocycles. The minimum Gasteiger partial charge on any atom is -0.273 e. The van der Waals surface area contributed by atoms with Gasteiger partial charge in [0.1, 0.15) is 5.57 Å². The van der Waals surface area contributed by atoms with Crippen LogP contribution in [0, 0.1) is 0 Å². The van der Waals surface area contributed by atoms with Gasteiger partial charge in [0, 0.05) is 9.50 Å². The van der Waals surface area contributed by atoms with Crippen LogP contribution in [0.3, 0.4) is 0 Å². The fraction of sp³-hybridized carbons (Fsp3) is 0.0417. The van der Waals surface area contributed by atoms with Gasteiger partial charge < -0.3 is 0 Å². The summed E-state index contributed by atoms with van der Waals surface area (Å²) in [5, 5.41) is 2.93. The molecule has 3 aromatic carbocycles. The number of nitrogens with zero attached hydrogens (tertiary/aromatic N) is 1. The minimum atomic E-state index is -0.774. The van der Waals surface area contributed by atoms with E-state index in [4.69, 9.17) is 11.6 Å². The van der Waals surface area contributed by atoms with Crippen LogP contribution in [0.1, 0.15) is 16.7 Å². The Labute approximate surface area is 192 Å². The molecule has 0 spiro atoms. The average Bonchev–Trinajstić information content (AvgIpc) is 2.75. The van der Waals surface area contributed by atoms with Crippen LogP contribution in [0.15, 0.2) is 82.8 Å². The first-order valence-corrected chi connectivity index (χ1v) is 10.6. The Balaban J connectivity index is 1.58. The van der Waals surface area contributed by atoms with Gasteiger partial charge in [-0.3, -0.25) is 14.9 Å². The number of rotatable bonds is 4. The third-order valence-corrected chi connectivity index (χ3v) is 5.73. The number of amides is 4. The van der Waals surface area contributed by atoms with Crippen molar-refractivity contribution in [3.8, 4) is 0 Å². The van der Waals surface area contributed by atoms with E-state index in [9.17, 15) is 14.4 Å². The Hall–Kier alpha value is -3.22. The van der Waals surface area contributed by atoms with Crippen LogP contribution in [0.25, 0.3) is 6.08 Å². The van der Waals surface area contributed by atoms with Crippen LogP contribution >= 0.6 is 27.5 Å². The molecule has 31 heavy (non-hydrogen) atoms. The maximum absolute atomic E-state index is 12.9. The number of imide groups is 2. The van der Waals surface area contributed by atoms with Gasteiger partial charge in [-0.1, -0.05) is 70.0 Å². The summed E-state index contributed by atoms with van der Waals surface area (Å²) in [5.41, 5.74) is 2.99. The Bertz CT molecular complexity index is 1200. The Kier molecular flexibility index (Phi) is 6.02. The number of carbonyl (C=O) groups is 3. The lowest BCUT2D eigenvalue weighted by Crippen LogP contribution is -2.54. The van der Waals surface area contributed by atoms with Gasteiger partial charge in [-0.2, -0.15) is 0 Å².